The molecule has 10 nitrogen and oxygen atoms in total. The van der Waals surface area contributed by atoms with Gasteiger partial charge in [-0.05, 0) is 0 Å². The molecule has 0 aromatic heterocycles. The maximum atomic E-state index is 10.8. The van der Waals surface area contributed by atoms with Gasteiger partial charge in [0.1, 0.15) is 0 Å². The summed E-state index contributed by atoms with van der Waals surface area (Å²) in [6.07, 6.45) is -2.81. The molecule has 0 aliphatic rings. The number of hydrogen-bond acceptors (Lipinski definition) is 5. The quantitative estimate of drug-likeness (QED) is 0.223. The maximum absolute atomic E-state index is 10.8. The third-order valence-electron chi connectivity index (χ3n) is 1.56. The third-order valence-corrected chi connectivity index (χ3v) is 2.14. The molecule has 0 spiro atoms. The second-order valence-electron chi connectivity index (χ2n) is 3.02. The van der Waals surface area contributed by atoms with Gasteiger partial charge in [0.2, 0.25) is 0 Å². The number of rotatable bonds is 7. The molecule has 13 heteroatoms. The van der Waals surface area contributed by atoms with Crippen LogP contribution in [0.2, 0.25) is 0 Å². The van der Waals surface area contributed by atoms with Gasteiger partial charge in [0.05, 0.1) is 12.8 Å². The van der Waals surface area contributed by atoms with E-state index in [4.69, 9.17) is 25.1 Å². The summed E-state index contributed by atoms with van der Waals surface area (Å²) in [6.45, 7) is 0. The van der Waals surface area contributed by atoms with Gasteiger partial charge in [0.25, 0.3) is 0 Å². The summed E-state index contributed by atoms with van der Waals surface area (Å²) in [6, 6.07) is 0. The van der Waals surface area contributed by atoms with Crippen molar-refractivity contribution in [2.24, 2.45) is 0 Å². The van der Waals surface area contributed by atoms with Crippen molar-refractivity contribution in [3.63, 3.8) is 0 Å². The van der Waals surface area contributed by atoms with Gasteiger partial charge in [0, 0.05) is 0 Å². The van der Waals surface area contributed by atoms with Crippen LogP contribution in [0.15, 0.2) is 0 Å². The third kappa shape index (κ3) is 9.97. The molecule has 0 bridgehead atoms. The van der Waals surface area contributed by atoms with Crippen LogP contribution in [0, 0.1) is 0 Å². The van der Waals surface area contributed by atoms with Crippen LogP contribution in [0.1, 0.15) is 15.7 Å². The van der Waals surface area contributed by atoms with E-state index in [1.54, 1.807) is 0 Å². The first-order chi connectivity index (χ1) is 7.48. The fourth-order valence-corrected chi connectivity index (χ4v) is 1.70. The van der Waals surface area contributed by atoms with Crippen molar-refractivity contribution in [3.8, 4) is 0 Å². The molecule has 5 N–H and O–H groups in total. The Labute approximate surface area is 153 Å². The average Bonchev–Trinajstić information content (AvgIpc) is 1.96. The topological polar surface area (TPSA) is 179 Å². The van der Waals surface area contributed by atoms with E-state index in [9.17, 15) is 18.9 Å². The number of phosphoric acid groups is 1. The summed E-state index contributed by atoms with van der Waals surface area (Å²) in [5.74, 6) is -5.64. The molecule has 0 unspecified atom stereocenters. The first-order valence-electron chi connectivity index (χ1n) is 3.92. The van der Waals surface area contributed by atoms with E-state index in [2.05, 4.69) is 4.52 Å². The summed E-state index contributed by atoms with van der Waals surface area (Å²) in [7, 11) is -5.36. The van der Waals surface area contributed by atoms with E-state index in [0.717, 1.165) is 0 Å². The van der Waals surface area contributed by atoms with Gasteiger partial charge in [-0.1, -0.05) is 0 Å². The van der Waals surface area contributed by atoms with Gasteiger partial charge in [-0.3, -0.25) is 14.1 Å². The fraction of sp³-hybridized carbons (Fsp3) is 0.500. The molecule has 0 radical (unpaired) electrons. The predicted molar refractivity (Wildman–Crippen MR) is 50.2 cm³/mol. The number of phosphoric ester groups is 1. The summed E-state index contributed by atoms with van der Waals surface area (Å²) in [5.41, 5.74) is -3.02. The Bertz CT molecular complexity index is 383. The van der Waals surface area contributed by atoms with E-state index in [1.165, 1.54) is 0 Å². The van der Waals surface area contributed by atoms with Crippen molar-refractivity contribution < 1.29 is 111 Å². The van der Waals surface area contributed by atoms with E-state index in [1.807, 2.05) is 0 Å². The van der Waals surface area contributed by atoms with Crippen molar-refractivity contribution in [2.75, 3.05) is 0 Å². The Morgan fingerprint density at radius 1 is 1.00 bits per heavy atom. The zero-order chi connectivity index (χ0) is 13.9. The molecule has 0 saturated heterocycles. The van der Waals surface area contributed by atoms with Gasteiger partial charge < -0.3 is 28.0 Å². The van der Waals surface area contributed by atoms with Crippen LogP contribution in [0.4, 0.5) is 0 Å². The van der Waals surface area contributed by atoms with Crippen molar-refractivity contribution in [2.45, 2.75) is 18.4 Å². The second-order valence-corrected chi connectivity index (χ2v) is 4.19. The number of aliphatic carboxylic acids is 3. The number of carbonyl (C=O) groups is 3. The average molecular weight is 320 g/mol. The van der Waals surface area contributed by atoms with Crippen LogP contribution in [-0.4, -0.2) is 48.6 Å². The standard InChI is InChI=1S/C6H9O10P.2Na.2H/c7-3(8)1-6(5(11)12,2-4(9)10)16-17(13,14)15;;;;/h1-2H2,(H,7,8)(H,9,10)(H,11,12)(H2,13,14,15);;;;/q;2*+1;2*-1. The van der Waals surface area contributed by atoms with Crippen LogP contribution in [0.3, 0.4) is 0 Å². The molecule has 102 valence electrons. The Morgan fingerprint density at radius 3 is 1.47 bits per heavy atom. The Hall–Kier alpha value is 0.520. The smallest absolute Gasteiger partial charge is 1.00 e. The minimum Gasteiger partial charge on any atom is -1.00 e. The molecular weight excluding hydrogens is 309 g/mol. The summed E-state index contributed by atoms with van der Waals surface area (Å²) in [4.78, 5) is 48.5. The molecule has 0 fully saturated rings. The van der Waals surface area contributed by atoms with Crippen molar-refractivity contribution in [3.05, 3.63) is 0 Å². The molecule has 19 heavy (non-hydrogen) atoms. The Balaban J connectivity index is -0.000000213. The minimum atomic E-state index is -5.36. The Kier molecular flexibility index (Phi) is 12.2. The first kappa shape index (κ1) is 24.5. The number of carboxylic acids is 3. The van der Waals surface area contributed by atoms with Crippen molar-refractivity contribution in [1.29, 1.82) is 0 Å². The van der Waals surface area contributed by atoms with Crippen LogP contribution < -0.4 is 59.1 Å². The Morgan fingerprint density at radius 2 is 1.32 bits per heavy atom. The van der Waals surface area contributed by atoms with E-state index < -0.39 is 44.2 Å². The SMILES string of the molecule is O=C(O)CC(CC(=O)O)(OP(=O)(O)O)C(=O)O.[H-].[H-].[Na+].[Na+]. The van der Waals surface area contributed by atoms with Gasteiger partial charge in [0.15, 0.2) is 5.60 Å². The minimum absolute atomic E-state index is 0. The van der Waals surface area contributed by atoms with E-state index in [-0.39, 0.29) is 62.0 Å². The molecule has 0 aromatic rings. The van der Waals surface area contributed by atoms with Crippen LogP contribution in [-0.2, 0) is 23.5 Å². The molecule has 0 aliphatic carbocycles. The van der Waals surface area contributed by atoms with Gasteiger partial charge in [-0.2, -0.15) is 0 Å². The van der Waals surface area contributed by atoms with Gasteiger partial charge in [-0.15, -0.1) is 0 Å². The monoisotopic (exact) mass is 320 g/mol. The normalized spacial score (nSPS) is 10.8. The van der Waals surface area contributed by atoms with Crippen LogP contribution in [0.25, 0.3) is 0 Å². The molecule has 0 heterocycles. The molecule has 0 aromatic carbocycles. The summed E-state index contributed by atoms with van der Waals surface area (Å²) < 4.78 is 14.4. The zero-order valence-electron chi connectivity index (χ0n) is 12.1. The number of carboxylic acid groups (broad SMARTS) is 3. The predicted octanol–water partition coefficient (Wildman–Crippen LogP) is -6.90. The zero-order valence-corrected chi connectivity index (χ0v) is 15.0. The van der Waals surface area contributed by atoms with Gasteiger partial charge >= 0.3 is 84.8 Å². The van der Waals surface area contributed by atoms with Gasteiger partial charge in [-0.25, -0.2) is 9.36 Å². The molecular formula is C6H11Na2O10P. The van der Waals surface area contributed by atoms with E-state index >= 15 is 0 Å². The van der Waals surface area contributed by atoms with Crippen LogP contribution in [0.5, 0.6) is 0 Å². The molecule has 0 amide bonds. The molecule has 0 rings (SSSR count). The van der Waals surface area contributed by atoms with Crippen molar-refractivity contribution in [1.82, 2.24) is 0 Å². The molecule has 0 aliphatic heterocycles. The molecule has 0 atom stereocenters. The second kappa shape index (κ2) is 9.46. The maximum Gasteiger partial charge on any atom is 1.00 e. The first-order valence-corrected chi connectivity index (χ1v) is 5.45. The van der Waals surface area contributed by atoms with Crippen molar-refractivity contribution >= 4 is 25.7 Å². The van der Waals surface area contributed by atoms with E-state index in [0.29, 0.717) is 0 Å². The largest absolute Gasteiger partial charge is 1.00 e. The number of hydrogen-bond donors (Lipinski definition) is 5. The summed E-state index contributed by atoms with van der Waals surface area (Å²) in [5, 5.41) is 25.5. The fourth-order valence-electron chi connectivity index (χ4n) is 1.03. The molecule has 0 saturated carbocycles. The summed E-state index contributed by atoms with van der Waals surface area (Å²) >= 11 is 0. The van der Waals surface area contributed by atoms with Crippen LogP contribution >= 0.6 is 7.82 Å².